The van der Waals surface area contributed by atoms with Crippen LogP contribution in [0.1, 0.15) is 16.7 Å². The highest BCUT2D eigenvalue weighted by Gasteiger charge is 2.32. The second-order valence-electron chi connectivity index (χ2n) is 14.7. The molecule has 0 aliphatic rings. The molecular weight excluding hydrogens is 832 g/mol. The molecule has 3 aromatic heterocycles. The van der Waals surface area contributed by atoms with Gasteiger partial charge in [0, 0.05) is 33.8 Å². The number of rotatable bonds is 6. The fourth-order valence-electron chi connectivity index (χ4n) is 7.86. The Morgan fingerprint density at radius 2 is 0.540 bits per heavy atom. The Morgan fingerprint density at radius 1 is 0.302 bits per heavy atom. The van der Waals surface area contributed by atoms with E-state index in [2.05, 4.69) is 0 Å². The fraction of sp³-hybridized carbons (Fsp3) is 0.0625. The van der Waals surface area contributed by atoms with Gasteiger partial charge in [-0.05, 0) is 127 Å². The molecule has 0 saturated heterocycles. The third-order valence-electron chi connectivity index (χ3n) is 10.7. The number of fused-ring (bicyclic) bond motifs is 3. The van der Waals surface area contributed by atoms with Crippen molar-refractivity contribution in [1.29, 1.82) is 0 Å². The molecule has 63 heavy (non-hydrogen) atoms. The molecule has 7 aromatic carbocycles. The van der Waals surface area contributed by atoms with Crippen LogP contribution in [0, 0.1) is 0 Å². The molecule has 0 unspecified atom stereocenters. The highest BCUT2D eigenvalue weighted by atomic mass is 19.4. The van der Waals surface area contributed by atoms with Crippen LogP contribution in [0.5, 0.6) is 0 Å². The van der Waals surface area contributed by atoms with E-state index in [4.69, 9.17) is 15.0 Å². The average Bonchev–Trinajstić information content (AvgIpc) is 3.98. The van der Waals surface area contributed by atoms with Gasteiger partial charge < -0.3 is 0 Å². The molecule has 0 fully saturated rings. The van der Waals surface area contributed by atoms with Gasteiger partial charge in [-0.2, -0.15) is 39.5 Å². The van der Waals surface area contributed by atoms with Crippen molar-refractivity contribution in [3.05, 3.63) is 180 Å². The number of imidazole rings is 3. The van der Waals surface area contributed by atoms with Crippen molar-refractivity contribution in [3.63, 3.8) is 0 Å². The minimum absolute atomic E-state index is 0.313. The lowest BCUT2D eigenvalue weighted by Crippen LogP contribution is -2.06. The first kappa shape index (κ1) is 39.5. The molecule has 0 aliphatic heterocycles. The molecule has 0 aliphatic carbocycles. The molecule has 10 rings (SSSR count). The molecule has 0 radical (unpaired) electrons. The van der Waals surface area contributed by atoms with Gasteiger partial charge in [0.2, 0.25) is 0 Å². The maximum absolute atomic E-state index is 13.7. The first-order chi connectivity index (χ1) is 30.1. The highest BCUT2D eigenvalue weighted by Crippen LogP contribution is 2.40. The van der Waals surface area contributed by atoms with Crippen molar-refractivity contribution in [2.45, 2.75) is 18.5 Å². The van der Waals surface area contributed by atoms with E-state index in [1.54, 1.807) is 105 Å². The minimum atomic E-state index is -4.58. The number of para-hydroxylation sites is 6. The van der Waals surface area contributed by atoms with Gasteiger partial charge in [0.1, 0.15) is 17.5 Å². The summed E-state index contributed by atoms with van der Waals surface area (Å²) in [5, 5.41) is 0. The fourth-order valence-corrected chi connectivity index (χ4v) is 7.86. The van der Waals surface area contributed by atoms with E-state index in [1.807, 2.05) is 0 Å². The van der Waals surface area contributed by atoms with Crippen LogP contribution < -0.4 is 0 Å². The normalized spacial score (nSPS) is 12.5. The zero-order valence-corrected chi connectivity index (χ0v) is 32.2. The molecule has 0 spiro atoms. The van der Waals surface area contributed by atoms with Gasteiger partial charge in [0.05, 0.1) is 49.8 Å². The summed E-state index contributed by atoms with van der Waals surface area (Å²) >= 11 is 0. The predicted molar refractivity (Wildman–Crippen MR) is 222 cm³/mol. The third-order valence-corrected chi connectivity index (χ3v) is 10.7. The largest absolute Gasteiger partial charge is 0.416 e. The van der Waals surface area contributed by atoms with Crippen LogP contribution in [0.4, 0.5) is 39.5 Å². The second-order valence-corrected chi connectivity index (χ2v) is 14.7. The molecule has 0 amide bonds. The number of benzene rings is 7. The number of alkyl halides is 9. The zero-order chi connectivity index (χ0) is 43.8. The van der Waals surface area contributed by atoms with Gasteiger partial charge in [-0.15, -0.1) is 0 Å². The summed E-state index contributed by atoms with van der Waals surface area (Å²) in [7, 11) is 0. The van der Waals surface area contributed by atoms with Gasteiger partial charge in [0.25, 0.3) is 0 Å². The average molecular weight is 859 g/mol. The summed E-state index contributed by atoms with van der Waals surface area (Å²) in [6.07, 6.45) is -13.8. The van der Waals surface area contributed by atoms with Gasteiger partial charge in [-0.3, -0.25) is 13.7 Å². The van der Waals surface area contributed by atoms with E-state index >= 15 is 0 Å². The van der Waals surface area contributed by atoms with Crippen molar-refractivity contribution < 1.29 is 39.5 Å². The predicted octanol–water partition coefficient (Wildman–Crippen LogP) is 13.8. The molecule has 0 atom stereocenters. The number of halogens is 9. The quantitative estimate of drug-likeness (QED) is 0.157. The van der Waals surface area contributed by atoms with Crippen molar-refractivity contribution >= 4 is 33.1 Å². The summed E-state index contributed by atoms with van der Waals surface area (Å²) in [5.41, 5.74) is 3.20. The van der Waals surface area contributed by atoms with Crippen LogP contribution in [0.15, 0.2) is 164 Å². The van der Waals surface area contributed by atoms with Crippen LogP contribution in [-0.2, 0) is 18.5 Å². The van der Waals surface area contributed by atoms with Gasteiger partial charge >= 0.3 is 18.5 Å². The van der Waals surface area contributed by atoms with Crippen LogP contribution >= 0.6 is 0 Å². The Kier molecular flexibility index (Phi) is 9.06. The molecule has 15 heteroatoms. The Hall–Kier alpha value is -7.68. The van der Waals surface area contributed by atoms with Crippen LogP contribution in [0.3, 0.4) is 0 Å². The van der Waals surface area contributed by atoms with E-state index in [0.717, 1.165) is 36.4 Å². The molecule has 6 nitrogen and oxygen atoms in total. The standard InChI is InChI=1S/C48H27F9N6/c49-46(50,51)31-13-19-34(20-14-31)61-40-10-4-1-7-37(40)58-43(61)28-25-29(44-59-38-8-2-5-11-41(38)62(44)35-21-15-32(16-22-35)47(52,53)54)27-30(26-28)45-60-39-9-3-6-12-42(39)63(45)36-23-17-33(18-24-36)48(55,56)57/h1-27H. The maximum atomic E-state index is 13.7. The molecule has 3 heterocycles. The lowest BCUT2D eigenvalue weighted by atomic mass is 10.0. The molecule has 0 bridgehead atoms. The molecule has 0 N–H and O–H groups in total. The van der Waals surface area contributed by atoms with Crippen molar-refractivity contribution in [2.75, 3.05) is 0 Å². The summed E-state index contributed by atoms with van der Waals surface area (Å²) < 4.78 is 129. The van der Waals surface area contributed by atoms with E-state index in [1.165, 1.54) is 36.4 Å². The molecule has 312 valence electrons. The zero-order valence-electron chi connectivity index (χ0n) is 32.2. The summed E-state index contributed by atoms with van der Waals surface area (Å²) in [5.74, 6) is 0.940. The molecule has 0 saturated carbocycles. The van der Waals surface area contributed by atoms with Crippen LogP contribution in [0.25, 0.3) is 84.3 Å². The van der Waals surface area contributed by atoms with Crippen molar-refractivity contribution in [3.8, 4) is 51.2 Å². The topological polar surface area (TPSA) is 53.5 Å². The number of nitrogens with zero attached hydrogens (tertiary/aromatic N) is 6. The highest BCUT2D eigenvalue weighted by molar-refractivity contribution is 5.90. The number of aromatic nitrogens is 6. The monoisotopic (exact) mass is 858 g/mol. The first-order valence-electron chi connectivity index (χ1n) is 19.2. The Labute approximate surface area is 350 Å². The number of hydrogen-bond acceptors (Lipinski definition) is 3. The van der Waals surface area contributed by atoms with Gasteiger partial charge in [-0.1, -0.05) is 36.4 Å². The second kappa shape index (κ2) is 14.5. The van der Waals surface area contributed by atoms with E-state index in [9.17, 15) is 39.5 Å². The van der Waals surface area contributed by atoms with Crippen LogP contribution in [-0.4, -0.2) is 28.7 Å². The van der Waals surface area contributed by atoms with E-state index in [-0.39, 0.29) is 0 Å². The van der Waals surface area contributed by atoms with E-state index in [0.29, 0.717) is 84.3 Å². The third kappa shape index (κ3) is 7.04. The Bertz CT molecular complexity index is 2970. The van der Waals surface area contributed by atoms with Gasteiger partial charge in [-0.25, -0.2) is 15.0 Å². The SMILES string of the molecule is FC(F)(F)c1ccc(-n2c(-c3cc(-c4nc5ccccc5n4-c4ccc(C(F)(F)F)cc4)cc(-c4nc5ccccc5n4-c4ccc(C(F)(F)F)cc4)c3)nc3ccccc32)cc1. The smallest absolute Gasteiger partial charge is 0.292 e. The maximum Gasteiger partial charge on any atom is 0.416 e. The van der Waals surface area contributed by atoms with E-state index < -0.39 is 35.2 Å². The summed E-state index contributed by atoms with van der Waals surface area (Å²) in [6.45, 7) is 0. The lowest BCUT2D eigenvalue weighted by molar-refractivity contribution is -0.138. The van der Waals surface area contributed by atoms with Crippen molar-refractivity contribution in [1.82, 2.24) is 28.7 Å². The summed E-state index contributed by atoms with van der Waals surface area (Å²) in [4.78, 5) is 15.0. The lowest BCUT2D eigenvalue weighted by Gasteiger charge is -2.16. The van der Waals surface area contributed by atoms with Gasteiger partial charge in [0.15, 0.2) is 0 Å². The van der Waals surface area contributed by atoms with Crippen molar-refractivity contribution in [2.24, 2.45) is 0 Å². The van der Waals surface area contributed by atoms with Crippen LogP contribution in [0.2, 0.25) is 0 Å². The Balaban J connectivity index is 1.27. The minimum Gasteiger partial charge on any atom is -0.292 e. The molecule has 10 aromatic rings. The first-order valence-corrected chi connectivity index (χ1v) is 19.2. The summed E-state index contributed by atoms with van der Waals surface area (Å²) in [6, 6.07) is 40.6. The Morgan fingerprint density at radius 3 is 0.778 bits per heavy atom. The number of hydrogen-bond donors (Lipinski definition) is 0. The molecular formula is C48H27F9N6.